The summed E-state index contributed by atoms with van der Waals surface area (Å²) in [5.74, 6) is 2.23. The second-order valence-electron chi connectivity index (χ2n) is 4.59. The second kappa shape index (κ2) is 5.84. The van der Waals surface area contributed by atoms with Crippen LogP contribution in [0.25, 0.3) is 0 Å². The third kappa shape index (κ3) is 2.86. The number of nitrogens with one attached hydrogen (secondary N) is 1. The van der Waals surface area contributed by atoms with E-state index in [2.05, 4.69) is 5.32 Å². The van der Waals surface area contributed by atoms with Crippen molar-refractivity contribution in [3.63, 3.8) is 0 Å². The van der Waals surface area contributed by atoms with Crippen LogP contribution in [0, 0.1) is 0 Å². The Labute approximate surface area is 118 Å². The van der Waals surface area contributed by atoms with E-state index in [9.17, 15) is 0 Å². The Morgan fingerprint density at radius 3 is 2.80 bits per heavy atom. The molecule has 0 spiro atoms. The quantitative estimate of drug-likeness (QED) is 0.927. The summed E-state index contributed by atoms with van der Waals surface area (Å²) in [6, 6.07) is 15.7. The Balaban J connectivity index is 1.69. The van der Waals surface area contributed by atoms with Crippen LogP contribution in [-0.2, 0) is 6.61 Å². The van der Waals surface area contributed by atoms with E-state index in [1.807, 2.05) is 55.6 Å². The fourth-order valence-electron chi connectivity index (χ4n) is 2.03. The second-order valence-corrected chi connectivity index (χ2v) is 4.59. The van der Waals surface area contributed by atoms with Crippen LogP contribution < -0.4 is 19.5 Å². The fraction of sp³-hybridized carbons (Fsp3) is 0.250. The molecule has 4 nitrogen and oxygen atoms in total. The summed E-state index contributed by atoms with van der Waals surface area (Å²) in [6.07, 6.45) is -0.119. The van der Waals surface area contributed by atoms with E-state index in [4.69, 9.17) is 14.2 Å². The minimum Gasteiger partial charge on any atom is -0.489 e. The maximum atomic E-state index is 5.77. The highest BCUT2D eigenvalue weighted by Crippen LogP contribution is 2.34. The molecule has 1 aliphatic heterocycles. The molecule has 0 saturated carbocycles. The molecule has 0 radical (unpaired) electrons. The third-order valence-electron chi connectivity index (χ3n) is 3.14. The van der Waals surface area contributed by atoms with Gasteiger partial charge in [0, 0.05) is 6.07 Å². The van der Waals surface area contributed by atoms with Crippen molar-refractivity contribution < 1.29 is 14.2 Å². The van der Waals surface area contributed by atoms with Crippen molar-refractivity contribution in [2.24, 2.45) is 0 Å². The number of hydrogen-bond donors (Lipinski definition) is 1. The summed E-state index contributed by atoms with van der Waals surface area (Å²) in [5.41, 5.74) is 1.13. The van der Waals surface area contributed by atoms with Gasteiger partial charge in [-0.05, 0) is 24.7 Å². The Kier molecular flexibility index (Phi) is 3.74. The molecule has 1 atom stereocenters. The summed E-state index contributed by atoms with van der Waals surface area (Å²) in [6.45, 7) is 1.05. The summed E-state index contributed by atoms with van der Waals surface area (Å²) in [5, 5.41) is 3.03. The monoisotopic (exact) mass is 271 g/mol. The normalized spacial score (nSPS) is 16.8. The molecule has 0 bridgehead atoms. The van der Waals surface area contributed by atoms with Crippen molar-refractivity contribution in [3.8, 4) is 17.2 Å². The first-order valence-corrected chi connectivity index (χ1v) is 6.62. The van der Waals surface area contributed by atoms with Crippen molar-refractivity contribution in [3.05, 3.63) is 54.1 Å². The number of likely N-dealkylation sites (N-methyl/N-ethyl adjacent to an activating group) is 1. The first-order chi connectivity index (χ1) is 9.85. The first kappa shape index (κ1) is 12.8. The molecule has 1 heterocycles. The summed E-state index contributed by atoms with van der Waals surface area (Å²) >= 11 is 0. The van der Waals surface area contributed by atoms with E-state index in [1.54, 1.807) is 0 Å². The molecule has 0 fully saturated rings. The van der Waals surface area contributed by atoms with E-state index < -0.39 is 0 Å². The SMILES string of the molecule is CN[C@H]1COc2ccc(OCc3ccccc3)cc2O1. The predicted molar refractivity (Wildman–Crippen MR) is 76.2 cm³/mol. The maximum absolute atomic E-state index is 5.77. The number of rotatable bonds is 4. The smallest absolute Gasteiger partial charge is 0.184 e. The van der Waals surface area contributed by atoms with E-state index >= 15 is 0 Å². The lowest BCUT2D eigenvalue weighted by molar-refractivity contribution is 0.0721. The summed E-state index contributed by atoms with van der Waals surface area (Å²) in [7, 11) is 1.84. The van der Waals surface area contributed by atoms with Gasteiger partial charge in [-0.3, -0.25) is 5.32 Å². The van der Waals surface area contributed by atoms with Crippen molar-refractivity contribution in [2.45, 2.75) is 12.8 Å². The van der Waals surface area contributed by atoms with E-state index in [0.29, 0.717) is 19.0 Å². The minimum absolute atomic E-state index is 0.119. The van der Waals surface area contributed by atoms with E-state index in [1.165, 1.54) is 0 Å². The van der Waals surface area contributed by atoms with Gasteiger partial charge in [0.25, 0.3) is 0 Å². The third-order valence-corrected chi connectivity index (χ3v) is 3.14. The number of ether oxygens (including phenoxy) is 3. The van der Waals surface area contributed by atoms with Crippen LogP contribution in [0.15, 0.2) is 48.5 Å². The van der Waals surface area contributed by atoms with Gasteiger partial charge in [0.1, 0.15) is 19.0 Å². The first-order valence-electron chi connectivity index (χ1n) is 6.62. The molecular formula is C16H17NO3. The van der Waals surface area contributed by atoms with Gasteiger partial charge in [0.2, 0.25) is 0 Å². The van der Waals surface area contributed by atoms with Gasteiger partial charge in [-0.1, -0.05) is 30.3 Å². The van der Waals surface area contributed by atoms with Crippen molar-refractivity contribution in [1.29, 1.82) is 0 Å². The highest BCUT2D eigenvalue weighted by Gasteiger charge is 2.19. The molecule has 1 N–H and O–H groups in total. The topological polar surface area (TPSA) is 39.7 Å². The van der Waals surface area contributed by atoms with Gasteiger partial charge < -0.3 is 14.2 Å². The lowest BCUT2D eigenvalue weighted by Gasteiger charge is -2.26. The zero-order valence-corrected chi connectivity index (χ0v) is 11.3. The van der Waals surface area contributed by atoms with Gasteiger partial charge in [-0.25, -0.2) is 0 Å². The molecule has 3 rings (SSSR count). The fourth-order valence-corrected chi connectivity index (χ4v) is 2.03. The van der Waals surface area contributed by atoms with Crippen LogP contribution in [-0.4, -0.2) is 19.9 Å². The summed E-state index contributed by atoms with van der Waals surface area (Å²) < 4.78 is 17.1. The van der Waals surface area contributed by atoms with Gasteiger partial charge in [0.05, 0.1) is 0 Å². The molecule has 4 heteroatoms. The molecule has 2 aromatic carbocycles. The van der Waals surface area contributed by atoms with Gasteiger partial charge in [0.15, 0.2) is 17.7 Å². The standard InChI is InChI=1S/C16H17NO3/c1-17-16-11-19-14-8-7-13(9-15(14)20-16)18-10-12-5-3-2-4-6-12/h2-9,16-17H,10-11H2,1H3/t16-/m1/s1. The molecule has 104 valence electrons. The Hall–Kier alpha value is -2.20. The van der Waals surface area contributed by atoms with E-state index in [-0.39, 0.29) is 6.23 Å². The van der Waals surface area contributed by atoms with Crippen molar-refractivity contribution in [1.82, 2.24) is 5.32 Å². The predicted octanol–water partition coefficient (Wildman–Crippen LogP) is 2.58. The van der Waals surface area contributed by atoms with Gasteiger partial charge >= 0.3 is 0 Å². The minimum atomic E-state index is -0.119. The van der Waals surface area contributed by atoms with Crippen LogP contribution in [0.1, 0.15) is 5.56 Å². The lowest BCUT2D eigenvalue weighted by atomic mass is 10.2. The van der Waals surface area contributed by atoms with Crippen LogP contribution >= 0.6 is 0 Å². The van der Waals surface area contributed by atoms with Gasteiger partial charge in [-0.2, -0.15) is 0 Å². The lowest BCUT2D eigenvalue weighted by Crippen LogP contribution is -2.39. The Bertz CT molecular complexity index is 571. The maximum Gasteiger partial charge on any atom is 0.184 e. The van der Waals surface area contributed by atoms with Crippen LogP contribution in [0.3, 0.4) is 0 Å². The molecular weight excluding hydrogens is 254 g/mol. The van der Waals surface area contributed by atoms with Crippen LogP contribution in [0.5, 0.6) is 17.2 Å². The largest absolute Gasteiger partial charge is 0.489 e. The number of fused-ring (bicyclic) bond motifs is 1. The molecule has 1 aliphatic rings. The van der Waals surface area contributed by atoms with Crippen molar-refractivity contribution >= 4 is 0 Å². The highest BCUT2D eigenvalue weighted by atomic mass is 16.6. The van der Waals surface area contributed by atoms with Crippen LogP contribution in [0.2, 0.25) is 0 Å². The molecule has 0 unspecified atom stereocenters. The Morgan fingerprint density at radius 1 is 1.15 bits per heavy atom. The Morgan fingerprint density at radius 2 is 2.00 bits per heavy atom. The highest BCUT2D eigenvalue weighted by molar-refractivity contribution is 5.46. The van der Waals surface area contributed by atoms with Gasteiger partial charge in [-0.15, -0.1) is 0 Å². The molecule has 20 heavy (non-hydrogen) atoms. The molecule has 2 aromatic rings. The molecule has 0 aliphatic carbocycles. The molecule has 0 amide bonds. The average Bonchev–Trinajstić information content (AvgIpc) is 2.53. The molecule has 0 aromatic heterocycles. The average molecular weight is 271 g/mol. The number of benzene rings is 2. The van der Waals surface area contributed by atoms with Crippen LogP contribution in [0.4, 0.5) is 0 Å². The number of hydrogen-bond acceptors (Lipinski definition) is 4. The molecule has 0 saturated heterocycles. The van der Waals surface area contributed by atoms with E-state index in [0.717, 1.165) is 17.1 Å². The summed E-state index contributed by atoms with van der Waals surface area (Å²) in [4.78, 5) is 0. The zero-order valence-electron chi connectivity index (χ0n) is 11.3. The van der Waals surface area contributed by atoms with Crippen molar-refractivity contribution in [2.75, 3.05) is 13.7 Å². The zero-order chi connectivity index (χ0) is 13.8.